The summed E-state index contributed by atoms with van der Waals surface area (Å²) in [6.45, 7) is 3.06. The maximum atomic E-state index is 13.1. The number of thiophene rings is 1. The lowest BCUT2D eigenvalue weighted by molar-refractivity contribution is -0.131. The molecule has 1 N–H and O–H groups in total. The average molecular weight is 361 g/mol. The van der Waals surface area contributed by atoms with Crippen LogP contribution in [0.25, 0.3) is 10.2 Å². The minimum atomic E-state index is -0.288. The molecule has 1 aliphatic heterocycles. The summed E-state index contributed by atoms with van der Waals surface area (Å²) in [6.07, 6.45) is 6.31. The number of nitrogens with zero attached hydrogens (tertiary/aromatic N) is 2. The first-order chi connectivity index (χ1) is 12.1. The zero-order valence-corrected chi connectivity index (χ0v) is 15.3. The number of rotatable bonds is 2. The summed E-state index contributed by atoms with van der Waals surface area (Å²) in [5, 5.41) is 0.675. The van der Waals surface area contributed by atoms with Gasteiger partial charge in [-0.1, -0.05) is 26.2 Å². The van der Waals surface area contributed by atoms with Crippen molar-refractivity contribution in [2.45, 2.75) is 64.5 Å². The maximum absolute atomic E-state index is 13.1. The third-order valence-electron chi connectivity index (χ3n) is 5.52. The van der Waals surface area contributed by atoms with Gasteiger partial charge in [0.15, 0.2) is 0 Å². The highest BCUT2D eigenvalue weighted by Gasteiger charge is 2.27. The molecule has 1 saturated carbocycles. The Morgan fingerprint density at radius 2 is 2.00 bits per heavy atom. The van der Waals surface area contributed by atoms with Gasteiger partial charge >= 0.3 is 5.69 Å². The topological polar surface area (TPSA) is 75.2 Å². The number of amides is 1. The molecule has 4 rings (SSSR count). The molecule has 2 aromatic rings. The van der Waals surface area contributed by atoms with Crippen molar-refractivity contribution < 1.29 is 4.79 Å². The Morgan fingerprint density at radius 1 is 1.24 bits per heavy atom. The number of aromatic amines is 1. The van der Waals surface area contributed by atoms with Crippen LogP contribution >= 0.6 is 11.3 Å². The second kappa shape index (κ2) is 6.44. The van der Waals surface area contributed by atoms with E-state index in [4.69, 9.17) is 0 Å². The standard InChI is InChI=1S/C18H23N3O3S/c1-2-14(22)20-9-8-12-13(10-20)25-16-15(12)17(23)21(18(24)19-16)11-6-4-3-5-7-11/h11H,2-10H2,1H3,(H,19,24). The Bertz CT molecular complexity index is 933. The van der Waals surface area contributed by atoms with Gasteiger partial charge in [-0.2, -0.15) is 0 Å². The Balaban J connectivity index is 1.81. The third kappa shape index (κ3) is 2.74. The molecule has 0 unspecified atom stereocenters. The quantitative estimate of drug-likeness (QED) is 0.893. The Kier molecular flexibility index (Phi) is 4.27. The number of carbonyl (C=O) groups excluding carboxylic acids is 1. The Labute approximate surface area is 149 Å². The molecular weight excluding hydrogens is 338 g/mol. The Hall–Kier alpha value is -1.89. The number of hydrogen-bond donors (Lipinski definition) is 1. The van der Waals surface area contributed by atoms with Crippen LogP contribution in [0.3, 0.4) is 0 Å². The lowest BCUT2D eigenvalue weighted by Gasteiger charge is -2.26. The van der Waals surface area contributed by atoms with Crippen molar-refractivity contribution in [2.24, 2.45) is 0 Å². The number of hydrogen-bond acceptors (Lipinski definition) is 4. The fourth-order valence-electron chi connectivity index (χ4n) is 4.20. The van der Waals surface area contributed by atoms with Crippen LogP contribution in [0.15, 0.2) is 9.59 Å². The van der Waals surface area contributed by atoms with E-state index in [-0.39, 0.29) is 23.2 Å². The fraction of sp³-hybridized carbons (Fsp3) is 0.611. The summed E-state index contributed by atoms with van der Waals surface area (Å²) >= 11 is 1.45. The van der Waals surface area contributed by atoms with Gasteiger partial charge in [-0.05, 0) is 24.8 Å². The second-order valence-corrected chi connectivity index (χ2v) is 8.13. The molecule has 7 heteroatoms. The predicted molar refractivity (Wildman–Crippen MR) is 98.2 cm³/mol. The summed E-state index contributed by atoms with van der Waals surface area (Å²) < 4.78 is 1.46. The van der Waals surface area contributed by atoms with E-state index in [1.54, 1.807) is 0 Å². The minimum absolute atomic E-state index is 0.0201. The molecule has 2 aliphatic rings. The zero-order chi connectivity index (χ0) is 17.6. The number of H-pyrrole nitrogens is 1. The van der Waals surface area contributed by atoms with Crippen LogP contribution in [-0.4, -0.2) is 26.9 Å². The lowest BCUT2D eigenvalue weighted by atomic mass is 9.95. The average Bonchev–Trinajstić information content (AvgIpc) is 2.99. The molecule has 0 atom stereocenters. The van der Waals surface area contributed by atoms with Crippen LogP contribution in [0.4, 0.5) is 0 Å². The number of carbonyl (C=O) groups is 1. The highest BCUT2D eigenvalue weighted by atomic mass is 32.1. The van der Waals surface area contributed by atoms with Crippen LogP contribution < -0.4 is 11.2 Å². The monoisotopic (exact) mass is 361 g/mol. The van der Waals surface area contributed by atoms with Gasteiger partial charge in [0.05, 0.1) is 11.9 Å². The molecule has 25 heavy (non-hydrogen) atoms. The molecule has 2 aromatic heterocycles. The molecule has 134 valence electrons. The number of nitrogens with one attached hydrogen (secondary N) is 1. The first kappa shape index (κ1) is 16.6. The molecule has 0 aromatic carbocycles. The van der Waals surface area contributed by atoms with E-state index < -0.39 is 0 Å². The van der Waals surface area contributed by atoms with Crippen molar-refractivity contribution in [3.8, 4) is 0 Å². The van der Waals surface area contributed by atoms with Crippen LogP contribution in [-0.2, 0) is 17.8 Å². The minimum Gasteiger partial charge on any atom is -0.337 e. The molecule has 0 spiro atoms. The molecule has 0 radical (unpaired) electrons. The summed E-state index contributed by atoms with van der Waals surface area (Å²) in [7, 11) is 0. The summed E-state index contributed by atoms with van der Waals surface area (Å²) in [5.74, 6) is 0.135. The van der Waals surface area contributed by atoms with Gasteiger partial charge < -0.3 is 4.90 Å². The molecule has 0 saturated heterocycles. The van der Waals surface area contributed by atoms with Gasteiger partial charge in [-0.15, -0.1) is 11.3 Å². The van der Waals surface area contributed by atoms with Crippen molar-refractivity contribution in [1.82, 2.24) is 14.5 Å². The van der Waals surface area contributed by atoms with Gasteiger partial charge in [-0.3, -0.25) is 19.1 Å². The molecule has 1 amide bonds. The van der Waals surface area contributed by atoms with Gasteiger partial charge in [0.2, 0.25) is 5.91 Å². The predicted octanol–water partition coefficient (Wildman–Crippen LogP) is 2.55. The van der Waals surface area contributed by atoms with Crippen molar-refractivity contribution in [3.63, 3.8) is 0 Å². The Morgan fingerprint density at radius 3 is 2.72 bits per heavy atom. The second-order valence-electron chi connectivity index (χ2n) is 7.02. The SMILES string of the molecule is CCC(=O)N1CCc2c(sc3[nH]c(=O)n(C4CCCCC4)c(=O)c23)C1. The van der Waals surface area contributed by atoms with Crippen LogP contribution in [0.5, 0.6) is 0 Å². The van der Waals surface area contributed by atoms with E-state index in [9.17, 15) is 14.4 Å². The zero-order valence-electron chi connectivity index (χ0n) is 14.5. The molecule has 1 fully saturated rings. The van der Waals surface area contributed by atoms with Gasteiger partial charge in [0.1, 0.15) is 4.83 Å². The first-order valence-corrected chi connectivity index (χ1v) is 9.98. The van der Waals surface area contributed by atoms with Crippen molar-refractivity contribution in [3.05, 3.63) is 31.3 Å². The van der Waals surface area contributed by atoms with Gasteiger partial charge in [0, 0.05) is 23.9 Å². The molecule has 3 heterocycles. The van der Waals surface area contributed by atoms with Gasteiger partial charge in [-0.25, -0.2) is 4.79 Å². The van der Waals surface area contributed by atoms with E-state index in [1.807, 2.05) is 11.8 Å². The molecule has 6 nitrogen and oxygen atoms in total. The summed E-state index contributed by atoms with van der Waals surface area (Å²) in [6, 6.07) is 0.0201. The van der Waals surface area contributed by atoms with E-state index >= 15 is 0 Å². The largest absolute Gasteiger partial charge is 0.337 e. The summed E-state index contributed by atoms with van der Waals surface area (Å²) in [4.78, 5) is 44.1. The van der Waals surface area contributed by atoms with Crippen molar-refractivity contribution in [2.75, 3.05) is 6.54 Å². The van der Waals surface area contributed by atoms with Crippen LogP contribution in [0.1, 0.15) is 61.9 Å². The van der Waals surface area contributed by atoms with Crippen LogP contribution in [0, 0.1) is 0 Å². The van der Waals surface area contributed by atoms with E-state index in [2.05, 4.69) is 4.98 Å². The molecule has 1 aliphatic carbocycles. The highest BCUT2D eigenvalue weighted by Crippen LogP contribution is 2.33. The van der Waals surface area contributed by atoms with Gasteiger partial charge in [0.25, 0.3) is 5.56 Å². The smallest absolute Gasteiger partial charge is 0.329 e. The fourth-order valence-corrected chi connectivity index (χ4v) is 5.44. The third-order valence-corrected chi connectivity index (χ3v) is 6.66. The van der Waals surface area contributed by atoms with Crippen molar-refractivity contribution in [1.29, 1.82) is 0 Å². The highest BCUT2D eigenvalue weighted by molar-refractivity contribution is 7.18. The molecule has 0 bridgehead atoms. The lowest BCUT2D eigenvalue weighted by Crippen LogP contribution is -2.39. The summed E-state index contributed by atoms with van der Waals surface area (Å²) in [5.41, 5.74) is 0.605. The van der Waals surface area contributed by atoms with Crippen LogP contribution in [0.2, 0.25) is 0 Å². The normalized spacial score (nSPS) is 18.5. The number of aromatic nitrogens is 2. The van der Waals surface area contributed by atoms with E-state index in [0.29, 0.717) is 36.1 Å². The maximum Gasteiger partial charge on any atom is 0.329 e. The van der Waals surface area contributed by atoms with E-state index in [0.717, 1.165) is 36.1 Å². The van der Waals surface area contributed by atoms with E-state index in [1.165, 1.54) is 22.3 Å². The van der Waals surface area contributed by atoms with Crippen molar-refractivity contribution >= 4 is 27.5 Å². The molecular formula is C18H23N3O3S. The number of fused-ring (bicyclic) bond motifs is 3. The first-order valence-electron chi connectivity index (χ1n) is 9.17.